The molecular weight excluding hydrogens is 250 g/mol. The zero-order chi connectivity index (χ0) is 13.2. The maximum atomic E-state index is 12.2. The zero-order valence-corrected chi connectivity index (χ0v) is 12.2. The molecule has 0 aromatic carbocycles. The zero-order valence-electron chi connectivity index (χ0n) is 11.4. The third-order valence-electron chi connectivity index (χ3n) is 4.56. The summed E-state index contributed by atoms with van der Waals surface area (Å²) in [6.07, 6.45) is 4.84. The van der Waals surface area contributed by atoms with Crippen LogP contribution in [0.5, 0.6) is 0 Å². The van der Waals surface area contributed by atoms with Crippen LogP contribution in [-0.2, 0) is 10.0 Å². The minimum atomic E-state index is -3.14. The van der Waals surface area contributed by atoms with Crippen molar-refractivity contribution in [1.29, 1.82) is 0 Å². The number of hydrogen-bond acceptors (Lipinski definition) is 4. The smallest absolute Gasteiger partial charge is 0.214 e. The largest absolute Gasteiger partial charge is 0.317 e. The molecule has 6 heteroatoms. The molecule has 0 radical (unpaired) electrons. The molecule has 2 fully saturated rings. The Hall–Kier alpha value is -0.170. The number of rotatable bonds is 5. The summed E-state index contributed by atoms with van der Waals surface area (Å²) in [7, 11) is 0.936. The molecule has 2 N–H and O–H groups in total. The molecule has 0 aromatic rings. The summed E-state index contributed by atoms with van der Waals surface area (Å²) >= 11 is 0. The maximum Gasteiger partial charge on any atom is 0.214 e. The number of hydrogen-bond donors (Lipinski definition) is 2. The van der Waals surface area contributed by atoms with Crippen molar-refractivity contribution >= 4 is 10.0 Å². The molecule has 0 spiro atoms. The first-order valence-corrected chi connectivity index (χ1v) is 8.38. The van der Waals surface area contributed by atoms with Crippen molar-refractivity contribution in [2.24, 2.45) is 0 Å². The van der Waals surface area contributed by atoms with Gasteiger partial charge in [0.2, 0.25) is 10.0 Å². The van der Waals surface area contributed by atoms with Crippen LogP contribution in [0.1, 0.15) is 32.1 Å². The molecule has 2 aliphatic rings. The van der Waals surface area contributed by atoms with Crippen molar-refractivity contribution in [2.75, 3.05) is 33.7 Å². The Balaban J connectivity index is 1.92. The van der Waals surface area contributed by atoms with Gasteiger partial charge in [-0.1, -0.05) is 0 Å². The van der Waals surface area contributed by atoms with Gasteiger partial charge in [0.1, 0.15) is 0 Å². The minimum absolute atomic E-state index is 0.0555. The minimum Gasteiger partial charge on any atom is -0.317 e. The van der Waals surface area contributed by atoms with E-state index in [0.29, 0.717) is 6.54 Å². The predicted octanol–water partition coefficient (Wildman–Crippen LogP) is 0.142. The van der Waals surface area contributed by atoms with Gasteiger partial charge < -0.3 is 10.2 Å². The van der Waals surface area contributed by atoms with Crippen molar-refractivity contribution in [2.45, 2.75) is 42.9 Å². The molecule has 0 bridgehead atoms. The summed E-state index contributed by atoms with van der Waals surface area (Å²) in [5.74, 6) is 0. The van der Waals surface area contributed by atoms with E-state index in [2.05, 4.69) is 14.9 Å². The van der Waals surface area contributed by atoms with E-state index in [0.717, 1.165) is 38.8 Å². The summed E-state index contributed by atoms with van der Waals surface area (Å²) < 4.78 is 27.3. The normalized spacial score (nSPS) is 25.1. The Bertz CT molecular complexity index is 371. The quantitative estimate of drug-likeness (QED) is 0.749. The Labute approximate surface area is 110 Å². The van der Waals surface area contributed by atoms with Crippen LogP contribution in [0.4, 0.5) is 0 Å². The average molecular weight is 275 g/mol. The summed E-state index contributed by atoms with van der Waals surface area (Å²) in [6, 6.07) is 0. The van der Waals surface area contributed by atoms with Gasteiger partial charge >= 0.3 is 0 Å². The molecule has 0 atom stereocenters. The Kier molecular flexibility index (Phi) is 4.31. The van der Waals surface area contributed by atoms with Crippen LogP contribution in [0, 0.1) is 0 Å². The third-order valence-corrected chi connectivity index (χ3v) is 6.46. The van der Waals surface area contributed by atoms with Gasteiger partial charge in [-0.15, -0.1) is 0 Å². The second-order valence-electron chi connectivity index (χ2n) is 5.79. The highest BCUT2D eigenvalue weighted by molar-refractivity contribution is 7.90. The summed E-state index contributed by atoms with van der Waals surface area (Å²) in [5.41, 5.74) is 0.0555. The number of likely N-dealkylation sites (N-methyl/N-ethyl adjacent to an activating group) is 1. The Morgan fingerprint density at radius 1 is 1.28 bits per heavy atom. The van der Waals surface area contributed by atoms with E-state index >= 15 is 0 Å². The van der Waals surface area contributed by atoms with Gasteiger partial charge in [-0.3, -0.25) is 0 Å². The van der Waals surface area contributed by atoms with Crippen molar-refractivity contribution in [3.8, 4) is 0 Å². The van der Waals surface area contributed by atoms with Crippen LogP contribution < -0.4 is 10.0 Å². The number of sulfonamides is 1. The van der Waals surface area contributed by atoms with Gasteiger partial charge in [0.15, 0.2) is 0 Å². The van der Waals surface area contributed by atoms with E-state index in [4.69, 9.17) is 0 Å². The van der Waals surface area contributed by atoms with Gasteiger partial charge in [-0.25, -0.2) is 13.1 Å². The van der Waals surface area contributed by atoms with E-state index in [-0.39, 0.29) is 10.8 Å². The van der Waals surface area contributed by atoms with Gasteiger partial charge in [-0.05, 0) is 59.3 Å². The van der Waals surface area contributed by atoms with Crippen LogP contribution >= 0.6 is 0 Å². The molecule has 1 saturated heterocycles. The van der Waals surface area contributed by atoms with E-state index in [9.17, 15) is 8.42 Å². The maximum absolute atomic E-state index is 12.2. The lowest BCUT2D eigenvalue weighted by Crippen LogP contribution is -2.58. The van der Waals surface area contributed by atoms with Crippen molar-refractivity contribution in [3.05, 3.63) is 0 Å². The first kappa shape index (κ1) is 14.2. The number of nitrogens with zero attached hydrogens (tertiary/aromatic N) is 1. The predicted molar refractivity (Wildman–Crippen MR) is 73.1 cm³/mol. The highest BCUT2D eigenvalue weighted by Gasteiger charge is 2.40. The first-order chi connectivity index (χ1) is 8.46. The van der Waals surface area contributed by atoms with Crippen molar-refractivity contribution in [3.63, 3.8) is 0 Å². The van der Waals surface area contributed by atoms with Crippen LogP contribution in [0.3, 0.4) is 0 Å². The molecule has 18 heavy (non-hydrogen) atoms. The molecule has 0 amide bonds. The molecule has 1 saturated carbocycles. The lowest BCUT2D eigenvalue weighted by molar-refractivity contribution is 0.0656. The van der Waals surface area contributed by atoms with Crippen molar-refractivity contribution < 1.29 is 8.42 Å². The lowest BCUT2D eigenvalue weighted by Gasteiger charge is -2.47. The highest BCUT2D eigenvalue weighted by atomic mass is 32.2. The van der Waals surface area contributed by atoms with Crippen LogP contribution in [-0.4, -0.2) is 57.8 Å². The van der Waals surface area contributed by atoms with Crippen LogP contribution in [0.25, 0.3) is 0 Å². The van der Waals surface area contributed by atoms with E-state index < -0.39 is 10.0 Å². The number of piperidine rings is 1. The van der Waals surface area contributed by atoms with Gasteiger partial charge in [0.25, 0.3) is 0 Å². The Morgan fingerprint density at radius 2 is 1.89 bits per heavy atom. The summed E-state index contributed by atoms with van der Waals surface area (Å²) in [5, 5.41) is 2.99. The number of nitrogens with one attached hydrogen (secondary N) is 2. The molecule has 5 nitrogen and oxygen atoms in total. The van der Waals surface area contributed by atoms with Gasteiger partial charge in [-0.2, -0.15) is 0 Å². The molecule has 0 aromatic heterocycles. The molecule has 1 heterocycles. The summed E-state index contributed by atoms with van der Waals surface area (Å²) in [6.45, 7) is 2.18. The molecule has 1 aliphatic carbocycles. The van der Waals surface area contributed by atoms with Crippen molar-refractivity contribution in [1.82, 2.24) is 14.9 Å². The monoisotopic (exact) mass is 275 g/mol. The molecule has 106 valence electrons. The fourth-order valence-electron chi connectivity index (χ4n) is 2.83. The second kappa shape index (κ2) is 5.45. The van der Waals surface area contributed by atoms with Gasteiger partial charge in [0.05, 0.1) is 5.25 Å². The molecular formula is C12H25N3O2S. The fraction of sp³-hybridized carbons (Fsp3) is 1.00. The second-order valence-corrected chi connectivity index (χ2v) is 7.83. The van der Waals surface area contributed by atoms with E-state index in [1.165, 1.54) is 6.42 Å². The molecule has 2 rings (SSSR count). The van der Waals surface area contributed by atoms with E-state index in [1.807, 2.05) is 14.1 Å². The first-order valence-electron chi connectivity index (χ1n) is 6.83. The topological polar surface area (TPSA) is 61.4 Å². The summed E-state index contributed by atoms with van der Waals surface area (Å²) in [4.78, 5) is 2.17. The van der Waals surface area contributed by atoms with Gasteiger partial charge in [0, 0.05) is 12.1 Å². The molecule has 0 unspecified atom stereocenters. The SMILES string of the molecule is CN(C)C1(CNS(=O)(=O)C2CCNCC2)CCC1. The highest BCUT2D eigenvalue weighted by Crippen LogP contribution is 2.35. The standard InChI is InChI=1S/C12H25N3O2S/c1-15(2)12(6-3-7-12)10-14-18(16,17)11-4-8-13-9-5-11/h11,13-14H,3-10H2,1-2H3. The molecule has 1 aliphatic heterocycles. The fourth-order valence-corrected chi connectivity index (χ4v) is 4.39. The van der Waals surface area contributed by atoms with Crippen LogP contribution in [0.15, 0.2) is 0 Å². The lowest BCUT2D eigenvalue weighted by atomic mass is 9.76. The average Bonchev–Trinajstić information content (AvgIpc) is 2.28. The third kappa shape index (κ3) is 2.87. The van der Waals surface area contributed by atoms with E-state index in [1.54, 1.807) is 0 Å². The Morgan fingerprint density at radius 3 is 2.33 bits per heavy atom. The van der Waals surface area contributed by atoms with Crippen LogP contribution in [0.2, 0.25) is 0 Å².